The van der Waals surface area contributed by atoms with Crippen LogP contribution in [0.3, 0.4) is 0 Å². The van der Waals surface area contributed by atoms with Crippen LogP contribution in [0.25, 0.3) is 0 Å². The molecule has 0 amide bonds. The van der Waals surface area contributed by atoms with E-state index in [1.807, 2.05) is 30.3 Å². The first-order valence-corrected chi connectivity index (χ1v) is 6.78. The number of benzene rings is 1. The molecule has 0 fully saturated rings. The number of H-pyrrole nitrogens is 1. The van der Waals surface area contributed by atoms with Crippen LogP contribution in [0.5, 0.6) is 0 Å². The molecule has 4 heteroatoms. The van der Waals surface area contributed by atoms with Crippen LogP contribution in [0.1, 0.15) is 37.0 Å². The average Bonchev–Trinajstić information content (AvgIpc) is 2.39. The highest BCUT2D eigenvalue weighted by molar-refractivity contribution is 5.23. The van der Waals surface area contributed by atoms with Crippen molar-refractivity contribution in [2.75, 3.05) is 7.11 Å². The quantitative estimate of drug-likeness (QED) is 0.910. The Morgan fingerprint density at radius 3 is 2.55 bits per heavy atom. The van der Waals surface area contributed by atoms with E-state index in [1.165, 1.54) is 0 Å². The van der Waals surface area contributed by atoms with Crippen LogP contribution in [0.2, 0.25) is 0 Å². The minimum absolute atomic E-state index is 0.136. The van der Waals surface area contributed by atoms with Crippen LogP contribution in [-0.2, 0) is 11.2 Å². The summed E-state index contributed by atoms with van der Waals surface area (Å²) in [5, 5.41) is 0. The molecule has 2 rings (SSSR count). The summed E-state index contributed by atoms with van der Waals surface area (Å²) in [6.45, 7) is 4.21. The molecule has 1 N–H and O–H groups in total. The maximum absolute atomic E-state index is 11.8. The SMILES string of the molecule is COC(c1ccccc1)c1nc(CC(C)C)cc(=O)[nH]1. The highest BCUT2D eigenvalue weighted by Crippen LogP contribution is 2.21. The molecule has 20 heavy (non-hydrogen) atoms. The molecule has 1 aromatic carbocycles. The molecule has 106 valence electrons. The smallest absolute Gasteiger partial charge is 0.251 e. The van der Waals surface area contributed by atoms with Crippen LogP contribution < -0.4 is 5.56 Å². The zero-order valence-corrected chi connectivity index (χ0v) is 12.1. The summed E-state index contributed by atoms with van der Waals surface area (Å²) in [6.07, 6.45) is 0.429. The standard InChI is InChI=1S/C16H20N2O2/c1-11(2)9-13-10-14(19)18-16(17-13)15(20-3)12-7-5-4-6-8-12/h4-8,10-11,15H,9H2,1-3H3,(H,17,18,19). The van der Waals surface area contributed by atoms with Crippen LogP contribution in [0, 0.1) is 5.92 Å². The Morgan fingerprint density at radius 1 is 1.25 bits per heavy atom. The van der Waals surface area contributed by atoms with Crippen molar-refractivity contribution in [3.63, 3.8) is 0 Å². The largest absolute Gasteiger partial charge is 0.369 e. The summed E-state index contributed by atoms with van der Waals surface area (Å²) >= 11 is 0. The Morgan fingerprint density at radius 2 is 1.95 bits per heavy atom. The summed E-state index contributed by atoms with van der Waals surface area (Å²) in [7, 11) is 1.62. The van der Waals surface area contributed by atoms with Gasteiger partial charge >= 0.3 is 0 Å². The van der Waals surface area contributed by atoms with E-state index in [9.17, 15) is 4.79 Å². The van der Waals surface area contributed by atoms with E-state index < -0.39 is 0 Å². The number of methoxy groups -OCH3 is 1. The van der Waals surface area contributed by atoms with Gasteiger partial charge in [0.25, 0.3) is 5.56 Å². The predicted molar refractivity (Wildman–Crippen MR) is 78.7 cm³/mol. The lowest BCUT2D eigenvalue weighted by Crippen LogP contribution is -2.18. The number of rotatable bonds is 5. The third-order valence-electron chi connectivity index (χ3n) is 3.02. The van der Waals surface area contributed by atoms with Crippen molar-refractivity contribution in [1.82, 2.24) is 9.97 Å². The van der Waals surface area contributed by atoms with E-state index in [2.05, 4.69) is 23.8 Å². The van der Waals surface area contributed by atoms with E-state index in [0.29, 0.717) is 11.7 Å². The van der Waals surface area contributed by atoms with Gasteiger partial charge in [-0.15, -0.1) is 0 Å². The van der Waals surface area contributed by atoms with Gasteiger partial charge in [-0.2, -0.15) is 0 Å². The topological polar surface area (TPSA) is 55.0 Å². The van der Waals surface area contributed by atoms with E-state index in [-0.39, 0.29) is 11.7 Å². The number of ether oxygens (including phenoxy) is 1. The number of aromatic nitrogens is 2. The van der Waals surface area contributed by atoms with Gasteiger partial charge in [0.2, 0.25) is 0 Å². The Bertz CT molecular complexity index is 605. The molecule has 4 nitrogen and oxygen atoms in total. The number of nitrogens with zero attached hydrogens (tertiary/aromatic N) is 1. The van der Waals surface area contributed by atoms with Crippen molar-refractivity contribution >= 4 is 0 Å². The van der Waals surface area contributed by atoms with Gasteiger partial charge in [0, 0.05) is 18.9 Å². The lowest BCUT2D eigenvalue weighted by Gasteiger charge is -2.16. The van der Waals surface area contributed by atoms with E-state index in [1.54, 1.807) is 13.2 Å². The molecular formula is C16H20N2O2. The number of nitrogens with one attached hydrogen (secondary N) is 1. The number of hydrogen-bond donors (Lipinski definition) is 1. The second-order valence-electron chi connectivity index (χ2n) is 5.25. The normalized spacial score (nSPS) is 12.6. The molecule has 2 aromatic rings. The van der Waals surface area contributed by atoms with E-state index >= 15 is 0 Å². The van der Waals surface area contributed by atoms with E-state index in [0.717, 1.165) is 17.7 Å². The van der Waals surface area contributed by atoms with Crippen molar-refractivity contribution in [3.8, 4) is 0 Å². The highest BCUT2D eigenvalue weighted by atomic mass is 16.5. The molecule has 0 saturated heterocycles. The number of hydrogen-bond acceptors (Lipinski definition) is 3. The monoisotopic (exact) mass is 272 g/mol. The molecule has 0 radical (unpaired) electrons. The second-order valence-corrected chi connectivity index (χ2v) is 5.25. The van der Waals surface area contributed by atoms with Gasteiger partial charge in [0.15, 0.2) is 0 Å². The summed E-state index contributed by atoms with van der Waals surface area (Å²) in [4.78, 5) is 19.1. The lowest BCUT2D eigenvalue weighted by atomic mass is 10.1. The van der Waals surface area contributed by atoms with Crippen molar-refractivity contribution in [2.24, 2.45) is 5.92 Å². The van der Waals surface area contributed by atoms with Crippen LogP contribution in [0.15, 0.2) is 41.2 Å². The molecule has 0 bridgehead atoms. The molecule has 1 atom stereocenters. The van der Waals surface area contributed by atoms with Gasteiger partial charge in [-0.3, -0.25) is 4.79 Å². The summed E-state index contributed by atoms with van der Waals surface area (Å²) < 4.78 is 5.50. The first kappa shape index (κ1) is 14.5. The third kappa shape index (κ3) is 3.54. The van der Waals surface area contributed by atoms with Crippen LogP contribution in [-0.4, -0.2) is 17.1 Å². The van der Waals surface area contributed by atoms with Gasteiger partial charge < -0.3 is 9.72 Å². The van der Waals surface area contributed by atoms with Crippen molar-refractivity contribution in [3.05, 3.63) is 63.8 Å². The molecule has 0 aliphatic rings. The average molecular weight is 272 g/mol. The van der Waals surface area contributed by atoms with Gasteiger partial charge in [-0.05, 0) is 17.9 Å². The Kier molecular flexibility index (Phi) is 4.69. The van der Waals surface area contributed by atoms with Gasteiger partial charge in [-0.1, -0.05) is 44.2 Å². The van der Waals surface area contributed by atoms with Crippen molar-refractivity contribution in [1.29, 1.82) is 0 Å². The minimum Gasteiger partial charge on any atom is -0.369 e. The molecule has 0 spiro atoms. The summed E-state index contributed by atoms with van der Waals surface area (Å²) in [6, 6.07) is 11.3. The Balaban J connectivity index is 2.39. The molecular weight excluding hydrogens is 252 g/mol. The number of aromatic amines is 1. The Labute approximate surface area is 118 Å². The van der Waals surface area contributed by atoms with Gasteiger partial charge in [-0.25, -0.2) is 4.98 Å². The highest BCUT2D eigenvalue weighted by Gasteiger charge is 2.16. The first-order valence-electron chi connectivity index (χ1n) is 6.78. The zero-order chi connectivity index (χ0) is 14.5. The summed E-state index contributed by atoms with van der Waals surface area (Å²) in [5.74, 6) is 1.01. The fourth-order valence-electron chi connectivity index (χ4n) is 2.21. The van der Waals surface area contributed by atoms with Gasteiger partial charge in [0.05, 0.1) is 0 Å². The molecule has 0 aliphatic carbocycles. The maximum Gasteiger partial charge on any atom is 0.251 e. The molecule has 1 aromatic heterocycles. The minimum atomic E-state index is -0.351. The van der Waals surface area contributed by atoms with Crippen molar-refractivity contribution in [2.45, 2.75) is 26.4 Å². The van der Waals surface area contributed by atoms with Gasteiger partial charge in [0.1, 0.15) is 11.9 Å². The fourth-order valence-corrected chi connectivity index (χ4v) is 2.21. The zero-order valence-electron chi connectivity index (χ0n) is 12.1. The molecule has 0 aliphatic heterocycles. The lowest BCUT2D eigenvalue weighted by molar-refractivity contribution is 0.128. The Hall–Kier alpha value is -1.94. The molecule has 0 saturated carbocycles. The fraction of sp³-hybridized carbons (Fsp3) is 0.375. The summed E-state index contributed by atoms with van der Waals surface area (Å²) in [5.41, 5.74) is 1.64. The van der Waals surface area contributed by atoms with E-state index in [4.69, 9.17) is 4.74 Å². The maximum atomic E-state index is 11.8. The molecule has 1 unspecified atom stereocenters. The van der Waals surface area contributed by atoms with Crippen LogP contribution >= 0.6 is 0 Å². The predicted octanol–water partition coefficient (Wildman–Crippen LogP) is 2.70. The third-order valence-corrected chi connectivity index (χ3v) is 3.02. The molecule has 1 heterocycles. The van der Waals surface area contributed by atoms with Crippen molar-refractivity contribution < 1.29 is 4.74 Å². The van der Waals surface area contributed by atoms with Crippen LogP contribution in [0.4, 0.5) is 0 Å². The second kappa shape index (κ2) is 6.48. The first-order chi connectivity index (χ1) is 9.60.